The number of carbonyl (C=O) groups excluding carboxylic acids is 1. The summed E-state index contributed by atoms with van der Waals surface area (Å²) >= 11 is 1.38. The summed E-state index contributed by atoms with van der Waals surface area (Å²) in [6, 6.07) is 11.7. The van der Waals surface area contributed by atoms with E-state index in [0.717, 1.165) is 11.4 Å². The Kier molecular flexibility index (Phi) is 4.39. The second-order valence-corrected chi connectivity index (χ2v) is 6.35. The highest BCUT2D eigenvalue weighted by Gasteiger charge is 2.32. The molecule has 1 amide bonds. The molecule has 0 spiro atoms. The van der Waals surface area contributed by atoms with Crippen molar-refractivity contribution < 1.29 is 9.21 Å². The van der Waals surface area contributed by atoms with Gasteiger partial charge in [0.05, 0.1) is 10.6 Å². The molecule has 1 aromatic heterocycles. The van der Waals surface area contributed by atoms with Crippen molar-refractivity contribution in [2.24, 2.45) is 4.99 Å². The molecular formula is C18H18N2O2S. The van der Waals surface area contributed by atoms with Crippen molar-refractivity contribution in [3.63, 3.8) is 0 Å². The fraction of sp³-hybridized carbons (Fsp3) is 0.222. The predicted octanol–water partition coefficient (Wildman–Crippen LogP) is 4.52. The summed E-state index contributed by atoms with van der Waals surface area (Å²) < 4.78 is 5.53. The zero-order valence-corrected chi connectivity index (χ0v) is 14.2. The number of nitrogens with zero attached hydrogens (tertiary/aromatic N) is 2. The predicted molar refractivity (Wildman–Crippen MR) is 94.7 cm³/mol. The summed E-state index contributed by atoms with van der Waals surface area (Å²) in [5, 5.41) is 0.705. The van der Waals surface area contributed by atoms with Crippen LogP contribution in [0.4, 0.5) is 5.69 Å². The van der Waals surface area contributed by atoms with E-state index in [0.29, 0.717) is 22.4 Å². The largest absolute Gasteiger partial charge is 0.462 e. The van der Waals surface area contributed by atoms with Gasteiger partial charge in [0.15, 0.2) is 5.17 Å². The van der Waals surface area contributed by atoms with Crippen LogP contribution in [0, 0.1) is 13.8 Å². The second-order valence-electron chi connectivity index (χ2n) is 5.34. The molecule has 0 N–H and O–H groups in total. The minimum atomic E-state index is -0.0302. The van der Waals surface area contributed by atoms with E-state index in [1.165, 1.54) is 17.3 Å². The molecule has 1 saturated heterocycles. The number of furan rings is 1. The number of likely N-dealkylation sites (N-methyl/N-ethyl adjacent to an activating group) is 1. The number of benzene rings is 1. The van der Waals surface area contributed by atoms with Crippen LogP contribution in [-0.4, -0.2) is 22.5 Å². The van der Waals surface area contributed by atoms with Gasteiger partial charge < -0.3 is 4.42 Å². The lowest BCUT2D eigenvalue weighted by atomic mass is 10.2. The van der Waals surface area contributed by atoms with E-state index in [9.17, 15) is 4.79 Å². The van der Waals surface area contributed by atoms with Crippen molar-refractivity contribution in [2.75, 3.05) is 6.54 Å². The first-order chi connectivity index (χ1) is 11.1. The van der Waals surface area contributed by atoms with Gasteiger partial charge in [-0.1, -0.05) is 17.7 Å². The van der Waals surface area contributed by atoms with Crippen molar-refractivity contribution in [3.8, 4) is 0 Å². The number of rotatable bonds is 3. The van der Waals surface area contributed by atoms with Crippen LogP contribution in [0.3, 0.4) is 0 Å². The minimum Gasteiger partial charge on any atom is -0.462 e. The Morgan fingerprint density at radius 2 is 1.91 bits per heavy atom. The Balaban J connectivity index is 1.91. The standard InChI is InChI=1S/C18H18N2O2S/c1-4-20-17(21)16(11-15-10-7-13(3)22-15)23-18(20)19-14-8-5-12(2)6-9-14/h5-11H,4H2,1-3H3/b16-11+,19-18?. The maximum atomic E-state index is 12.5. The molecule has 0 atom stereocenters. The van der Waals surface area contributed by atoms with Crippen LogP contribution >= 0.6 is 11.8 Å². The molecule has 0 bridgehead atoms. The Labute approximate surface area is 139 Å². The van der Waals surface area contributed by atoms with Crippen molar-refractivity contribution in [2.45, 2.75) is 20.8 Å². The fourth-order valence-corrected chi connectivity index (χ4v) is 3.30. The lowest BCUT2D eigenvalue weighted by molar-refractivity contribution is -0.122. The summed E-state index contributed by atoms with van der Waals surface area (Å²) in [6.07, 6.45) is 1.78. The molecule has 4 nitrogen and oxygen atoms in total. The average Bonchev–Trinajstić information content (AvgIpc) is 3.06. The molecule has 0 radical (unpaired) electrons. The number of carbonyl (C=O) groups is 1. The van der Waals surface area contributed by atoms with Gasteiger partial charge in [-0.25, -0.2) is 4.99 Å². The van der Waals surface area contributed by atoms with Crippen molar-refractivity contribution in [1.82, 2.24) is 4.90 Å². The second kappa shape index (κ2) is 6.46. The van der Waals surface area contributed by atoms with E-state index in [4.69, 9.17) is 4.42 Å². The number of amides is 1. The zero-order valence-electron chi connectivity index (χ0n) is 13.4. The monoisotopic (exact) mass is 326 g/mol. The molecule has 1 aliphatic heterocycles. The van der Waals surface area contributed by atoms with Crippen molar-refractivity contribution in [3.05, 3.63) is 58.4 Å². The summed E-state index contributed by atoms with van der Waals surface area (Å²) in [5.74, 6) is 1.48. The Morgan fingerprint density at radius 1 is 1.17 bits per heavy atom. The lowest BCUT2D eigenvalue weighted by Gasteiger charge is -2.11. The number of hydrogen-bond donors (Lipinski definition) is 0. The van der Waals surface area contributed by atoms with Gasteiger partial charge in [-0.05, 0) is 56.8 Å². The van der Waals surface area contributed by atoms with E-state index in [1.807, 2.05) is 57.2 Å². The van der Waals surface area contributed by atoms with Gasteiger partial charge in [-0.3, -0.25) is 9.69 Å². The van der Waals surface area contributed by atoms with E-state index in [1.54, 1.807) is 11.0 Å². The maximum Gasteiger partial charge on any atom is 0.266 e. The molecule has 0 saturated carbocycles. The molecule has 0 aliphatic carbocycles. The molecule has 1 fully saturated rings. The van der Waals surface area contributed by atoms with Crippen molar-refractivity contribution in [1.29, 1.82) is 0 Å². The third kappa shape index (κ3) is 3.40. The van der Waals surface area contributed by atoms with Gasteiger partial charge in [-0.15, -0.1) is 0 Å². The fourth-order valence-electron chi connectivity index (χ4n) is 2.26. The third-order valence-corrected chi connectivity index (χ3v) is 4.50. The molecule has 3 rings (SSSR count). The van der Waals surface area contributed by atoms with Gasteiger partial charge in [-0.2, -0.15) is 0 Å². The Hall–Kier alpha value is -2.27. The molecule has 5 heteroatoms. The van der Waals surface area contributed by atoms with Gasteiger partial charge in [0, 0.05) is 12.6 Å². The normalized spacial score (nSPS) is 18.4. The summed E-state index contributed by atoms with van der Waals surface area (Å²) in [4.78, 5) is 19.4. The van der Waals surface area contributed by atoms with Crippen LogP contribution in [0.15, 0.2) is 50.7 Å². The Bertz CT molecular complexity index is 788. The van der Waals surface area contributed by atoms with Crippen LogP contribution < -0.4 is 0 Å². The van der Waals surface area contributed by atoms with Crippen LogP contribution in [0.1, 0.15) is 24.0 Å². The van der Waals surface area contributed by atoms with Crippen LogP contribution in [0.2, 0.25) is 0 Å². The van der Waals surface area contributed by atoms with Crippen LogP contribution in [0.25, 0.3) is 6.08 Å². The van der Waals surface area contributed by atoms with Crippen molar-refractivity contribution >= 4 is 34.6 Å². The highest BCUT2D eigenvalue weighted by Crippen LogP contribution is 2.34. The lowest BCUT2D eigenvalue weighted by Crippen LogP contribution is -2.28. The smallest absolute Gasteiger partial charge is 0.266 e. The summed E-state index contributed by atoms with van der Waals surface area (Å²) in [6.45, 7) is 6.46. The molecule has 1 aliphatic rings. The quantitative estimate of drug-likeness (QED) is 0.779. The third-order valence-electron chi connectivity index (χ3n) is 3.50. The van der Waals surface area contributed by atoms with E-state index in [-0.39, 0.29) is 5.91 Å². The first-order valence-electron chi connectivity index (χ1n) is 7.50. The number of aryl methyl sites for hydroxylation is 2. The molecule has 118 valence electrons. The molecule has 2 heterocycles. The number of aliphatic imine (C=N–C) groups is 1. The zero-order chi connectivity index (χ0) is 16.4. The summed E-state index contributed by atoms with van der Waals surface area (Å²) in [7, 11) is 0. The Morgan fingerprint density at radius 3 is 2.52 bits per heavy atom. The number of amidine groups is 1. The SMILES string of the molecule is CCN1C(=O)/C(=C\c2ccc(C)o2)SC1=Nc1ccc(C)cc1. The first kappa shape index (κ1) is 15.6. The van der Waals surface area contributed by atoms with Crippen LogP contribution in [0.5, 0.6) is 0 Å². The number of thioether (sulfide) groups is 1. The van der Waals surface area contributed by atoms with Gasteiger partial charge in [0.25, 0.3) is 5.91 Å². The molecule has 23 heavy (non-hydrogen) atoms. The van der Waals surface area contributed by atoms with Gasteiger partial charge in [0.1, 0.15) is 11.5 Å². The molecule has 2 aromatic rings. The van der Waals surface area contributed by atoms with Gasteiger partial charge >= 0.3 is 0 Å². The first-order valence-corrected chi connectivity index (χ1v) is 8.31. The van der Waals surface area contributed by atoms with E-state index < -0.39 is 0 Å². The molecule has 0 unspecified atom stereocenters. The summed E-state index contributed by atoms with van der Waals surface area (Å²) in [5.41, 5.74) is 2.03. The van der Waals surface area contributed by atoms with Gasteiger partial charge in [0.2, 0.25) is 0 Å². The average molecular weight is 326 g/mol. The highest BCUT2D eigenvalue weighted by molar-refractivity contribution is 8.18. The highest BCUT2D eigenvalue weighted by atomic mass is 32.2. The van der Waals surface area contributed by atoms with E-state index in [2.05, 4.69) is 4.99 Å². The number of hydrogen-bond acceptors (Lipinski definition) is 4. The maximum absolute atomic E-state index is 12.5. The van der Waals surface area contributed by atoms with E-state index >= 15 is 0 Å². The van der Waals surface area contributed by atoms with Crippen LogP contribution in [-0.2, 0) is 4.79 Å². The topological polar surface area (TPSA) is 45.8 Å². The minimum absolute atomic E-state index is 0.0302. The molecular weight excluding hydrogens is 308 g/mol. The molecule has 1 aromatic carbocycles.